The third-order valence-electron chi connectivity index (χ3n) is 6.10. The maximum Gasteiger partial charge on any atom is 0.312 e. The standard InChI is InChI=1S/C26H39N3O4S/c1-24(2,3)33-22(31)25(4,5)17-21(20-11-7-6-8-12-20)13-9-10-14-26(18-30)28-29(19-32-26)23-27-15-16-34-23/h6-8,11-12,18,21,28H,9-10,13-17,19H2,1-5H3/t21-,26-/m0/s1. The first-order chi connectivity index (χ1) is 16.0. The van der Waals surface area contributed by atoms with E-state index in [0.717, 1.165) is 43.0 Å². The summed E-state index contributed by atoms with van der Waals surface area (Å²) < 4.78 is 11.6. The molecule has 1 N–H and O–H groups in total. The fourth-order valence-corrected chi connectivity index (χ4v) is 5.12. The maximum atomic E-state index is 12.9. The minimum atomic E-state index is -0.996. The summed E-state index contributed by atoms with van der Waals surface area (Å²) in [7, 11) is 0. The molecule has 0 aromatic heterocycles. The Kier molecular flexibility index (Phi) is 8.82. The third kappa shape index (κ3) is 7.30. The Hall–Kier alpha value is -1.90. The molecule has 1 aromatic rings. The molecule has 1 fully saturated rings. The van der Waals surface area contributed by atoms with Crippen molar-refractivity contribution in [1.29, 1.82) is 0 Å². The second kappa shape index (κ2) is 11.2. The molecule has 2 aliphatic heterocycles. The van der Waals surface area contributed by atoms with Crippen LogP contribution in [-0.2, 0) is 19.1 Å². The van der Waals surface area contributed by atoms with Gasteiger partial charge in [0.15, 0.2) is 17.2 Å². The number of esters is 1. The molecule has 0 aliphatic carbocycles. The van der Waals surface area contributed by atoms with Gasteiger partial charge in [0.2, 0.25) is 0 Å². The van der Waals surface area contributed by atoms with Crippen LogP contribution >= 0.6 is 11.8 Å². The zero-order valence-corrected chi connectivity index (χ0v) is 22.0. The van der Waals surface area contributed by atoms with Crippen LogP contribution in [0.5, 0.6) is 0 Å². The fourth-order valence-electron chi connectivity index (χ4n) is 4.32. The van der Waals surface area contributed by atoms with Crippen LogP contribution in [0.4, 0.5) is 0 Å². The Bertz CT molecular complexity index is 869. The van der Waals surface area contributed by atoms with Crippen LogP contribution in [0.1, 0.15) is 78.2 Å². The van der Waals surface area contributed by atoms with E-state index in [2.05, 4.69) is 22.6 Å². The molecular weight excluding hydrogens is 450 g/mol. The number of amidine groups is 1. The third-order valence-corrected chi connectivity index (χ3v) is 7.09. The number of benzene rings is 1. The monoisotopic (exact) mass is 489 g/mol. The summed E-state index contributed by atoms with van der Waals surface area (Å²) in [4.78, 5) is 29.2. The van der Waals surface area contributed by atoms with E-state index in [0.29, 0.717) is 19.6 Å². The Morgan fingerprint density at radius 2 is 2.00 bits per heavy atom. The van der Waals surface area contributed by atoms with Crippen LogP contribution in [0.25, 0.3) is 0 Å². The molecule has 2 heterocycles. The molecular formula is C26H39N3O4S. The molecule has 7 nitrogen and oxygen atoms in total. The maximum absolute atomic E-state index is 12.9. The Morgan fingerprint density at radius 1 is 1.26 bits per heavy atom. The van der Waals surface area contributed by atoms with Crippen molar-refractivity contribution in [3.05, 3.63) is 35.9 Å². The summed E-state index contributed by atoms with van der Waals surface area (Å²) in [5.74, 6) is 1.01. The first kappa shape index (κ1) is 26.7. The molecule has 2 aliphatic rings. The van der Waals surface area contributed by atoms with Crippen LogP contribution in [0, 0.1) is 5.41 Å². The van der Waals surface area contributed by atoms with E-state index < -0.39 is 16.7 Å². The first-order valence-electron chi connectivity index (χ1n) is 12.1. The van der Waals surface area contributed by atoms with Gasteiger partial charge in [-0.05, 0) is 71.8 Å². The Balaban J connectivity index is 1.58. The van der Waals surface area contributed by atoms with Crippen molar-refractivity contribution in [3.63, 3.8) is 0 Å². The van der Waals surface area contributed by atoms with Gasteiger partial charge in [0, 0.05) is 5.75 Å². The summed E-state index contributed by atoms with van der Waals surface area (Å²) in [6, 6.07) is 10.3. The van der Waals surface area contributed by atoms with Crippen molar-refractivity contribution in [3.8, 4) is 0 Å². The van der Waals surface area contributed by atoms with Gasteiger partial charge < -0.3 is 9.47 Å². The fraction of sp³-hybridized carbons (Fsp3) is 0.654. The highest BCUT2D eigenvalue weighted by molar-refractivity contribution is 8.14. The average Bonchev–Trinajstić information content (AvgIpc) is 3.46. The molecule has 8 heteroatoms. The van der Waals surface area contributed by atoms with Crippen LogP contribution in [0.3, 0.4) is 0 Å². The van der Waals surface area contributed by atoms with E-state index >= 15 is 0 Å². The smallest absolute Gasteiger partial charge is 0.312 e. The van der Waals surface area contributed by atoms with Crippen LogP contribution in [0.2, 0.25) is 0 Å². The molecule has 2 atom stereocenters. The number of nitrogens with zero attached hydrogens (tertiary/aromatic N) is 2. The molecule has 188 valence electrons. The van der Waals surface area contributed by atoms with E-state index in [1.165, 1.54) is 5.56 Å². The van der Waals surface area contributed by atoms with Gasteiger partial charge in [0.25, 0.3) is 0 Å². The molecule has 34 heavy (non-hydrogen) atoms. The highest BCUT2D eigenvalue weighted by atomic mass is 32.2. The Labute approximate surface area is 208 Å². The second-order valence-electron chi connectivity index (χ2n) is 10.8. The zero-order valence-electron chi connectivity index (χ0n) is 21.1. The summed E-state index contributed by atoms with van der Waals surface area (Å²) >= 11 is 1.67. The number of aldehydes is 1. The quantitative estimate of drug-likeness (QED) is 0.285. The van der Waals surface area contributed by atoms with Crippen molar-refractivity contribution in [2.45, 2.75) is 84.0 Å². The number of carbonyl (C=O) groups is 2. The Morgan fingerprint density at radius 3 is 2.62 bits per heavy atom. The number of hydrogen-bond acceptors (Lipinski definition) is 8. The normalized spacial score (nSPS) is 21.9. The van der Waals surface area contributed by atoms with Crippen molar-refractivity contribution >= 4 is 29.2 Å². The molecule has 0 radical (unpaired) electrons. The van der Waals surface area contributed by atoms with Gasteiger partial charge in [-0.25, -0.2) is 0 Å². The number of ether oxygens (including phenoxy) is 2. The van der Waals surface area contributed by atoms with E-state index in [9.17, 15) is 9.59 Å². The topological polar surface area (TPSA) is 80.2 Å². The summed E-state index contributed by atoms with van der Waals surface area (Å²) in [5.41, 5.74) is 2.34. The predicted molar refractivity (Wildman–Crippen MR) is 136 cm³/mol. The average molecular weight is 490 g/mol. The lowest BCUT2D eigenvalue weighted by Crippen LogP contribution is -2.49. The van der Waals surface area contributed by atoms with E-state index in [1.807, 2.05) is 57.8 Å². The number of hydrogen-bond donors (Lipinski definition) is 1. The first-order valence-corrected chi connectivity index (χ1v) is 13.1. The lowest BCUT2D eigenvalue weighted by Gasteiger charge is -2.32. The van der Waals surface area contributed by atoms with Gasteiger partial charge in [-0.3, -0.25) is 19.6 Å². The molecule has 0 unspecified atom stereocenters. The number of nitrogens with one attached hydrogen (secondary N) is 1. The largest absolute Gasteiger partial charge is 0.460 e. The SMILES string of the molecule is CC(C)(C)OC(=O)C(C)(C)C[C@H](CCCC[C@]1(C=O)NN(C2=NCCS2)CO1)c1ccccc1. The van der Waals surface area contributed by atoms with E-state index in [1.54, 1.807) is 11.8 Å². The molecule has 3 rings (SSSR count). The lowest BCUT2D eigenvalue weighted by molar-refractivity contribution is -0.166. The molecule has 0 amide bonds. The minimum Gasteiger partial charge on any atom is -0.460 e. The predicted octanol–water partition coefficient (Wildman–Crippen LogP) is 4.88. The van der Waals surface area contributed by atoms with Gasteiger partial charge in [0.05, 0.1) is 12.0 Å². The number of thioether (sulfide) groups is 1. The number of aliphatic imine (C=N–C) groups is 1. The van der Waals surface area contributed by atoms with Crippen molar-refractivity contribution < 1.29 is 19.1 Å². The minimum absolute atomic E-state index is 0.169. The summed E-state index contributed by atoms with van der Waals surface area (Å²) in [5, 5.41) is 2.72. The number of carbonyl (C=O) groups excluding carboxylic acids is 2. The van der Waals surface area contributed by atoms with Gasteiger partial charge in [0.1, 0.15) is 12.3 Å². The van der Waals surface area contributed by atoms with Crippen molar-refractivity contribution in [2.75, 3.05) is 19.0 Å². The van der Waals surface area contributed by atoms with E-state index in [-0.39, 0.29) is 11.9 Å². The van der Waals surface area contributed by atoms with Gasteiger partial charge in [-0.1, -0.05) is 48.5 Å². The number of rotatable bonds is 10. The van der Waals surface area contributed by atoms with Crippen LogP contribution in [-0.4, -0.2) is 52.8 Å². The lowest BCUT2D eigenvalue weighted by atomic mass is 9.77. The van der Waals surface area contributed by atoms with Gasteiger partial charge >= 0.3 is 5.97 Å². The van der Waals surface area contributed by atoms with Crippen LogP contribution in [0.15, 0.2) is 35.3 Å². The summed E-state index contributed by atoms with van der Waals surface area (Å²) in [6.07, 6.45) is 4.81. The molecule has 0 spiro atoms. The van der Waals surface area contributed by atoms with Gasteiger partial charge in [-0.15, -0.1) is 0 Å². The number of unbranched alkanes of at least 4 members (excludes halogenated alkanes) is 1. The highest BCUT2D eigenvalue weighted by Crippen LogP contribution is 2.37. The number of hydrazine groups is 1. The highest BCUT2D eigenvalue weighted by Gasteiger charge is 2.40. The molecule has 1 aromatic carbocycles. The van der Waals surface area contributed by atoms with E-state index in [4.69, 9.17) is 9.47 Å². The second-order valence-corrected chi connectivity index (χ2v) is 11.8. The van der Waals surface area contributed by atoms with Gasteiger partial charge in [-0.2, -0.15) is 5.43 Å². The summed E-state index contributed by atoms with van der Waals surface area (Å²) in [6.45, 7) is 10.7. The molecule has 0 bridgehead atoms. The van der Waals surface area contributed by atoms with Crippen molar-refractivity contribution in [2.24, 2.45) is 10.4 Å². The molecule has 0 saturated carbocycles. The molecule has 1 saturated heterocycles. The van der Waals surface area contributed by atoms with Crippen molar-refractivity contribution in [1.82, 2.24) is 10.4 Å². The zero-order chi connectivity index (χ0) is 24.8. The van der Waals surface area contributed by atoms with Crippen LogP contribution < -0.4 is 5.43 Å².